The van der Waals surface area contributed by atoms with Gasteiger partial charge in [0.05, 0.1) is 0 Å². The minimum atomic E-state index is 1.05. The van der Waals surface area contributed by atoms with E-state index in [1.807, 2.05) is 0 Å². The van der Waals surface area contributed by atoms with Crippen LogP contribution in [0.4, 0.5) is 0 Å². The van der Waals surface area contributed by atoms with Crippen molar-refractivity contribution >= 4 is 0 Å². The molecule has 0 aromatic heterocycles. The number of aryl methyl sites for hydroxylation is 2. The summed E-state index contributed by atoms with van der Waals surface area (Å²) in [5, 5.41) is 0. The highest BCUT2D eigenvalue weighted by Crippen LogP contribution is 2.15. The summed E-state index contributed by atoms with van der Waals surface area (Å²) >= 11 is 0. The maximum atomic E-state index is 2.26. The zero-order valence-corrected chi connectivity index (χ0v) is 10.7. The van der Waals surface area contributed by atoms with Crippen molar-refractivity contribution in [1.82, 2.24) is 0 Å². The van der Waals surface area contributed by atoms with Gasteiger partial charge in [0.25, 0.3) is 0 Å². The van der Waals surface area contributed by atoms with Crippen molar-refractivity contribution in [3.8, 4) is 0 Å². The molecule has 0 aliphatic heterocycles. The van der Waals surface area contributed by atoms with Crippen LogP contribution in [0.5, 0.6) is 0 Å². The van der Waals surface area contributed by atoms with E-state index in [1.54, 1.807) is 0 Å². The highest BCUT2D eigenvalue weighted by Gasteiger charge is 2.01. The third-order valence-corrected chi connectivity index (χ3v) is 3.33. The van der Waals surface area contributed by atoms with Gasteiger partial charge in [0, 0.05) is 0 Å². The van der Waals surface area contributed by atoms with Gasteiger partial charge in [-0.3, -0.25) is 0 Å². The third kappa shape index (κ3) is 2.97. The predicted molar refractivity (Wildman–Crippen MR) is 74.4 cm³/mol. The molecular weight excluding hydrogens is 204 g/mol. The second-order valence-electron chi connectivity index (χ2n) is 4.47. The van der Waals surface area contributed by atoms with Crippen LogP contribution in [0.15, 0.2) is 48.5 Å². The second-order valence-corrected chi connectivity index (χ2v) is 4.47. The quantitative estimate of drug-likeness (QED) is 0.722. The molecule has 0 spiro atoms. The normalized spacial score (nSPS) is 10.5. The molecule has 88 valence electrons. The van der Waals surface area contributed by atoms with Gasteiger partial charge < -0.3 is 0 Å². The highest BCUT2D eigenvalue weighted by molar-refractivity contribution is 5.33. The first-order valence-electron chi connectivity index (χ1n) is 6.48. The topological polar surface area (TPSA) is 0 Å². The molecule has 0 heterocycles. The van der Waals surface area contributed by atoms with Crippen LogP contribution in [0.3, 0.4) is 0 Å². The lowest BCUT2D eigenvalue weighted by atomic mass is 9.97. The summed E-state index contributed by atoms with van der Waals surface area (Å²) in [7, 11) is 0. The first kappa shape index (κ1) is 11.9. The Labute approximate surface area is 104 Å². The average molecular weight is 224 g/mol. The molecule has 0 amide bonds. The molecule has 0 radical (unpaired) electrons. The van der Waals surface area contributed by atoms with Crippen molar-refractivity contribution in [3.05, 3.63) is 70.8 Å². The first-order valence-corrected chi connectivity index (χ1v) is 6.48. The zero-order valence-electron chi connectivity index (χ0n) is 10.7. The average Bonchev–Trinajstić information content (AvgIpc) is 2.40. The van der Waals surface area contributed by atoms with Crippen molar-refractivity contribution < 1.29 is 0 Å². The molecule has 0 fully saturated rings. The number of benzene rings is 2. The van der Waals surface area contributed by atoms with E-state index in [9.17, 15) is 0 Å². The fourth-order valence-electron chi connectivity index (χ4n) is 2.19. The molecule has 0 aliphatic rings. The molecule has 2 aromatic rings. The first-order chi connectivity index (χ1) is 8.33. The van der Waals surface area contributed by atoms with E-state index in [-0.39, 0.29) is 0 Å². The molecule has 0 nitrogen and oxygen atoms in total. The van der Waals surface area contributed by atoms with E-state index < -0.39 is 0 Å². The number of hydrogen-bond acceptors (Lipinski definition) is 0. The van der Waals surface area contributed by atoms with Gasteiger partial charge in [-0.25, -0.2) is 0 Å². The van der Waals surface area contributed by atoms with Gasteiger partial charge in [-0.05, 0) is 41.5 Å². The molecule has 0 saturated carbocycles. The van der Waals surface area contributed by atoms with E-state index in [1.165, 1.54) is 22.3 Å². The molecule has 0 atom stereocenters. The molecule has 0 saturated heterocycles. The Morgan fingerprint density at radius 2 is 1.24 bits per heavy atom. The summed E-state index contributed by atoms with van der Waals surface area (Å²) in [6, 6.07) is 17.7. The van der Waals surface area contributed by atoms with Crippen LogP contribution in [0.25, 0.3) is 0 Å². The highest BCUT2D eigenvalue weighted by atomic mass is 14.1. The Morgan fingerprint density at radius 1 is 0.647 bits per heavy atom. The second kappa shape index (κ2) is 5.67. The van der Waals surface area contributed by atoms with Gasteiger partial charge in [0.15, 0.2) is 0 Å². The lowest BCUT2D eigenvalue weighted by molar-refractivity contribution is 1.06. The van der Waals surface area contributed by atoms with Gasteiger partial charge in [0.1, 0.15) is 0 Å². The SMILES string of the molecule is CCc1ccc(Cc2ccccc2CC)cc1. The van der Waals surface area contributed by atoms with Crippen LogP contribution in [0.1, 0.15) is 36.1 Å². The number of rotatable bonds is 4. The molecule has 0 N–H and O–H groups in total. The van der Waals surface area contributed by atoms with Crippen molar-refractivity contribution in [2.24, 2.45) is 0 Å². The molecule has 0 heteroatoms. The lowest BCUT2D eigenvalue weighted by Crippen LogP contribution is -1.94. The lowest BCUT2D eigenvalue weighted by Gasteiger charge is -2.08. The van der Waals surface area contributed by atoms with Crippen LogP contribution < -0.4 is 0 Å². The molecule has 17 heavy (non-hydrogen) atoms. The van der Waals surface area contributed by atoms with Gasteiger partial charge >= 0.3 is 0 Å². The minimum absolute atomic E-state index is 1.05. The fourth-order valence-corrected chi connectivity index (χ4v) is 2.19. The van der Waals surface area contributed by atoms with Gasteiger partial charge in [-0.15, -0.1) is 0 Å². The Bertz CT molecular complexity index is 466. The van der Waals surface area contributed by atoms with Crippen molar-refractivity contribution in [3.63, 3.8) is 0 Å². The van der Waals surface area contributed by atoms with Crippen LogP contribution in [0.2, 0.25) is 0 Å². The summed E-state index contributed by atoms with van der Waals surface area (Å²) in [6.45, 7) is 4.42. The monoisotopic (exact) mass is 224 g/mol. The molecule has 2 rings (SSSR count). The van der Waals surface area contributed by atoms with Gasteiger partial charge in [-0.2, -0.15) is 0 Å². The van der Waals surface area contributed by atoms with E-state index in [0.717, 1.165) is 19.3 Å². The maximum absolute atomic E-state index is 2.26. The molecular formula is C17H20. The van der Waals surface area contributed by atoms with E-state index >= 15 is 0 Å². The Balaban J connectivity index is 2.19. The zero-order chi connectivity index (χ0) is 12.1. The van der Waals surface area contributed by atoms with Crippen LogP contribution >= 0.6 is 0 Å². The summed E-state index contributed by atoms with van der Waals surface area (Å²) in [6.07, 6.45) is 3.28. The molecule has 2 aromatic carbocycles. The molecule has 0 aliphatic carbocycles. The van der Waals surface area contributed by atoms with E-state index in [2.05, 4.69) is 62.4 Å². The van der Waals surface area contributed by atoms with Crippen LogP contribution in [0, 0.1) is 0 Å². The van der Waals surface area contributed by atoms with E-state index in [4.69, 9.17) is 0 Å². The summed E-state index contributed by atoms with van der Waals surface area (Å²) in [4.78, 5) is 0. The minimum Gasteiger partial charge on any atom is -0.0620 e. The molecule has 0 unspecified atom stereocenters. The fraction of sp³-hybridized carbons (Fsp3) is 0.294. The third-order valence-electron chi connectivity index (χ3n) is 3.33. The number of hydrogen-bond donors (Lipinski definition) is 0. The largest absolute Gasteiger partial charge is 0.0620 e. The standard InChI is InChI=1S/C17H20/c1-3-14-9-11-15(12-10-14)13-17-8-6-5-7-16(17)4-2/h5-12H,3-4,13H2,1-2H3. The van der Waals surface area contributed by atoms with Gasteiger partial charge in [0.2, 0.25) is 0 Å². The van der Waals surface area contributed by atoms with Crippen molar-refractivity contribution in [1.29, 1.82) is 0 Å². The summed E-state index contributed by atoms with van der Waals surface area (Å²) in [5.74, 6) is 0. The van der Waals surface area contributed by atoms with Crippen molar-refractivity contribution in [2.45, 2.75) is 33.1 Å². The van der Waals surface area contributed by atoms with E-state index in [0.29, 0.717) is 0 Å². The summed E-state index contributed by atoms with van der Waals surface area (Å²) in [5.41, 5.74) is 5.74. The Kier molecular flexibility index (Phi) is 3.98. The smallest absolute Gasteiger partial charge is 0.00230 e. The Morgan fingerprint density at radius 3 is 1.82 bits per heavy atom. The van der Waals surface area contributed by atoms with Crippen molar-refractivity contribution in [2.75, 3.05) is 0 Å². The maximum Gasteiger partial charge on any atom is -0.00230 e. The van der Waals surface area contributed by atoms with Crippen LogP contribution in [-0.4, -0.2) is 0 Å². The Hall–Kier alpha value is -1.56. The van der Waals surface area contributed by atoms with Crippen LogP contribution in [-0.2, 0) is 19.3 Å². The summed E-state index contributed by atoms with van der Waals surface area (Å²) < 4.78 is 0. The molecule has 0 bridgehead atoms. The van der Waals surface area contributed by atoms with Gasteiger partial charge in [-0.1, -0.05) is 62.4 Å². The predicted octanol–water partition coefficient (Wildman–Crippen LogP) is 4.40.